The molecule has 0 aliphatic carbocycles. The molecular weight excluding hydrogens is 244 g/mol. The largest absolute Gasteiger partial charge is 0.465 e. The molecule has 0 radical (unpaired) electrons. The average molecular weight is 256 g/mol. The zero-order valence-electron chi connectivity index (χ0n) is 8.78. The van der Waals surface area contributed by atoms with Crippen molar-refractivity contribution in [2.75, 3.05) is 19.0 Å². The van der Waals surface area contributed by atoms with E-state index in [1.807, 2.05) is 0 Å². The smallest absolute Gasteiger partial charge is 0.350 e. The first-order valence-electron chi connectivity index (χ1n) is 4.50. The fourth-order valence-electron chi connectivity index (χ4n) is 0.990. The summed E-state index contributed by atoms with van der Waals surface area (Å²) >= 11 is 6.34. The van der Waals surface area contributed by atoms with Gasteiger partial charge in [-0.25, -0.2) is 4.79 Å². The van der Waals surface area contributed by atoms with Gasteiger partial charge in [0.25, 0.3) is 0 Å². The fourth-order valence-corrected chi connectivity index (χ4v) is 1.95. The molecule has 6 heteroatoms. The Bertz CT molecular complexity index is 401. The maximum atomic E-state index is 11.4. The lowest BCUT2D eigenvalue weighted by Gasteiger charge is -2.08. The SMILES string of the molecule is C=CCNC(=S)Nc1ccsc1C(=O)OC. The molecule has 0 aliphatic heterocycles. The number of thiocarbonyl (C=S) groups is 1. The molecule has 0 spiro atoms. The molecular formula is C10H12N2O2S2. The summed E-state index contributed by atoms with van der Waals surface area (Å²) in [5, 5.41) is 8.08. The average Bonchev–Trinajstić information content (AvgIpc) is 2.73. The quantitative estimate of drug-likeness (QED) is 0.490. The molecule has 86 valence electrons. The summed E-state index contributed by atoms with van der Waals surface area (Å²) in [6, 6.07) is 1.78. The topological polar surface area (TPSA) is 50.4 Å². The van der Waals surface area contributed by atoms with Crippen LogP contribution in [0.4, 0.5) is 5.69 Å². The summed E-state index contributed by atoms with van der Waals surface area (Å²) in [7, 11) is 1.35. The number of carbonyl (C=O) groups is 1. The molecule has 1 aromatic rings. The van der Waals surface area contributed by atoms with Gasteiger partial charge in [0, 0.05) is 6.54 Å². The molecule has 1 heterocycles. The van der Waals surface area contributed by atoms with E-state index in [2.05, 4.69) is 21.9 Å². The molecule has 2 N–H and O–H groups in total. The van der Waals surface area contributed by atoms with Crippen molar-refractivity contribution in [3.8, 4) is 0 Å². The van der Waals surface area contributed by atoms with Crippen LogP contribution in [0.15, 0.2) is 24.1 Å². The lowest BCUT2D eigenvalue weighted by atomic mass is 10.4. The normalized spacial score (nSPS) is 9.31. The third-order valence-electron chi connectivity index (χ3n) is 1.69. The minimum Gasteiger partial charge on any atom is -0.465 e. The van der Waals surface area contributed by atoms with Crippen molar-refractivity contribution in [1.29, 1.82) is 0 Å². The summed E-state index contributed by atoms with van der Waals surface area (Å²) in [5.74, 6) is -0.371. The summed E-state index contributed by atoms with van der Waals surface area (Å²) in [6.07, 6.45) is 1.70. The van der Waals surface area contributed by atoms with Crippen molar-refractivity contribution in [3.05, 3.63) is 29.0 Å². The van der Waals surface area contributed by atoms with Crippen molar-refractivity contribution >= 4 is 40.3 Å². The Morgan fingerprint density at radius 2 is 2.50 bits per heavy atom. The van der Waals surface area contributed by atoms with Gasteiger partial charge in [-0.1, -0.05) is 6.08 Å². The number of thiophene rings is 1. The van der Waals surface area contributed by atoms with Gasteiger partial charge in [0.1, 0.15) is 4.88 Å². The van der Waals surface area contributed by atoms with E-state index in [0.717, 1.165) is 0 Å². The van der Waals surface area contributed by atoms with Crippen molar-refractivity contribution < 1.29 is 9.53 Å². The van der Waals surface area contributed by atoms with E-state index in [-0.39, 0.29) is 5.97 Å². The highest BCUT2D eigenvalue weighted by Crippen LogP contribution is 2.22. The summed E-state index contributed by atoms with van der Waals surface area (Å²) in [6.45, 7) is 4.14. The molecule has 1 aromatic heterocycles. The number of anilines is 1. The van der Waals surface area contributed by atoms with E-state index in [1.54, 1.807) is 17.5 Å². The Hall–Kier alpha value is -1.40. The van der Waals surface area contributed by atoms with Crippen LogP contribution in [0.25, 0.3) is 0 Å². The van der Waals surface area contributed by atoms with Crippen molar-refractivity contribution in [2.24, 2.45) is 0 Å². The van der Waals surface area contributed by atoms with E-state index in [9.17, 15) is 4.79 Å². The zero-order valence-corrected chi connectivity index (χ0v) is 10.4. The Balaban J connectivity index is 2.66. The van der Waals surface area contributed by atoms with Crippen molar-refractivity contribution in [1.82, 2.24) is 5.32 Å². The van der Waals surface area contributed by atoms with Gasteiger partial charge in [-0.2, -0.15) is 0 Å². The molecule has 0 aliphatic rings. The minimum absolute atomic E-state index is 0.371. The molecule has 0 saturated heterocycles. The first kappa shape index (κ1) is 12.7. The van der Waals surface area contributed by atoms with E-state index >= 15 is 0 Å². The van der Waals surface area contributed by atoms with Gasteiger partial charge in [-0.05, 0) is 23.7 Å². The Kier molecular flexibility index (Phi) is 4.94. The number of methoxy groups -OCH3 is 1. The second kappa shape index (κ2) is 6.24. The second-order valence-electron chi connectivity index (χ2n) is 2.78. The number of esters is 1. The van der Waals surface area contributed by atoms with Gasteiger partial charge in [-0.15, -0.1) is 17.9 Å². The van der Waals surface area contributed by atoms with E-state index in [0.29, 0.717) is 22.2 Å². The maximum Gasteiger partial charge on any atom is 0.350 e. The maximum absolute atomic E-state index is 11.4. The van der Waals surface area contributed by atoms with Crippen LogP contribution in [0.5, 0.6) is 0 Å². The van der Waals surface area contributed by atoms with Gasteiger partial charge >= 0.3 is 5.97 Å². The van der Waals surface area contributed by atoms with Crippen LogP contribution in [0, 0.1) is 0 Å². The Labute approximate surface area is 103 Å². The summed E-state index contributed by atoms with van der Waals surface area (Å²) in [4.78, 5) is 11.9. The molecule has 0 aromatic carbocycles. The van der Waals surface area contributed by atoms with Gasteiger partial charge in [0.05, 0.1) is 12.8 Å². The van der Waals surface area contributed by atoms with Crippen LogP contribution >= 0.6 is 23.6 Å². The van der Waals surface area contributed by atoms with Gasteiger partial charge < -0.3 is 15.4 Å². The monoisotopic (exact) mass is 256 g/mol. The molecule has 1 rings (SSSR count). The van der Waals surface area contributed by atoms with Crippen molar-refractivity contribution in [2.45, 2.75) is 0 Å². The lowest BCUT2D eigenvalue weighted by molar-refractivity contribution is 0.0607. The first-order chi connectivity index (χ1) is 7.69. The van der Waals surface area contributed by atoms with Gasteiger partial charge in [0.2, 0.25) is 0 Å². The van der Waals surface area contributed by atoms with Crippen LogP contribution in [0.3, 0.4) is 0 Å². The second-order valence-corrected chi connectivity index (χ2v) is 4.10. The molecule has 0 atom stereocenters. The third kappa shape index (κ3) is 3.32. The van der Waals surface area contributed by atoms with Crippen molar-refractivity contribution in [3.63, 3.8) is 0 Å². The Morgan fingerprint density at radius 1 is 1.75 bits per heavy atom. The highest BCUT2D eigenvalue weighted by molar-refractivity contribution is 7.80. The predicted molar refractivity (Wildman–Crippen MR) is 70.1 cm³/mol. The number of hydrogen-bond acceptors (Lipinski definition) is 4. The fraction of sp³-hybridized carbons (Fsp3) is 0.200. The van der Waals surface area contributed by atoms with E-state index in [1.165, 1.54) is 18.4 Å². The highest BCUT2D eigenvalue weighted by Gasteiger charge is 2.13. The molecule has 0 saturated carbocycles. The number of ether oxygens (including phenoxy) is 1. The van der Waals surface area contributed by atoms with Crippen LogP contribution in [0.2, 0.25) is 0 Å². The first-order valence-corrected chi connectivity index (χ1v) is 5.79. The number of hydrogen-bond donors (Lipinski definition) is 2. The van der Waals surface area contributed by atoms with Crippen LogP contribution in [-0.4, -0.2) is 24.7 Å². The van der Waals surface area contributed by atoms with Gasteiger partial charge in [-0.3, -0.25) is 0 Å². The van der Waals surface area contributed by atoms with E-state index in [4.69, 9.17) is 12.2 Å². The molecule has 0 amide bonds. The number of rotatable bonds is 4. The third-order valence-corrected chi connectivity index (χ3v) is 2.83. The predicted octanol–water partition coefficient (Wildman–Crippen LogP) is 2.01. The van der Waals surface area contributed by atoms with Crippen LogP contribution < -0.4 is 10.6 Å². The standard InChI is InChI=1S/C10H12N2O2S2/c1-3-5-11-10(15)12-7-4-6-16-8(7)9(13)14-2/h3-4,6H,1,5H2,2H3,(H2,11,12,15). The molecule has 16 heavy (non-hydrogen) atoms. The zero-order chi connectivity index (χ0) is 12.0. The molecule has 0 unspecified atom stereocenters. The molecule has 0 fully saturated rings. The summed E-state index contributed by atoms with van der Waals surface area (Å²) < 4.78 is 4.65. The van der Waals surface area contributed by atoms with Gasteiger partial charge in [0.15, 0.2) is 5.11 Å². The molecule has 0 bridgehead atoms. The molecule has 4 nitrogen and oxygen atoms in total. The number of carbonyl (C=O) groups excluding carboxylic acids is 1. The van der Waals surface area contributed by atoms with Crippen LogP contribution in [0.1, 0.15) is 9.67 Å². The highest BCUT2D eigenvalue weighted by atomic mass is 32.1. The van der Waals surface area contributed by atoms with Crippen LogP contribution in [-0.2, 0) is 4.74 Å². The lowest BCUT2D eigenvalue weighted by Crippen LogP contribution is -2.28. The summed E-state index contributed by atoms with van der Waals surface area (Å²) in [5.41, 5.74) is 0.651. The Morgan fingerprint density at radius 3 is 3.12 bits per heavy atom. The van der Waals surface area contributed by atoms with E-state index < -0.39 is 0 Å². The minimum atomic E-state index is -0.371. The number of nitrogens with one attached hydrogen (secondary N) is 2.